The van der Waals surface area contributed by atoms with Crippen LogP contribution in [-0.4, -0.2) is 75.1 Å². The number of ether oxygens (including phenoxy) is 2. The van der Waals surface area contributed by atoms with E-state index in [1.165, 1.54) is 0 Å². The summed E-state index contributed by atoms with van der Waals surface area (Å²) >= 11 is 0. The maximum absolute atomic E-state index is 10.5. The van der Waals surface area contributed by atoms with Crippen molar-refractivity contribution in [3.05, 3.63) is 29.8 Å². The van der Waals surface area contributed by atoms with Gasteiger partial charge in [0.25, 0.3) is 0 Å². The lowest BCUT2D eigenvalue weighted by Gasteiger charge is -2.36. The highest BCUT2D eigenvalue weighted by molar-refractivity contribution is 5.79. The highest BCUT2D eigenvalue weighted by Gasteiger charge is 2.23. The van der Waals surface area contributed by atoms with Crippen molar-refractivity contribution in [1.82, 2.24) is 15.5 Å². The molecule has 0 amide bonds. The van der Waals surface area contributed by atoms with Crippen LogP contribution in [0.2, 0.25) is 0 Å². The molecule has 0 spiro atoms. The molecule has 2 atom stereocenters. The van der Waals surface area contributed by atoms with E-state index in [2.05, 4.69) is 29.4 Å². The normalized spacial score (nSPS) is 18.0. The first-order valence-electron chi connectivity index (χ1n) is 10.2. The van der Waals surface area contributed by atoms with Gasteiger partial charge in [-0.2, -0.15) is 0 Å². The third-order valence-electron chi connectivity index (χ3n) is 5.01. The summed E-state index contributed by atoms with van der Waals surface area (Å²) in [6.07, 6.45) is -0.640. The number of aliphatic hydroxyl groups is 1. The van der Waals surface area contributed by atoms with Crippen molar-refractivity contribution >= 4 is 5.96 Å². The Kier molecular flexibility index (Phi) is 9.54. The standard InChI is InChI=1S/C21H36N4O3/c1-5-22-21(23-14-19(16(2)3)25-9-11-28-12-10-25)24-15-20(26)17-7-6-8-18(13-17)27-4/h6-8,13,16,19-20,26H,5,9-12,14-15H2,1-4H3,(H2,22,23,24). The molecule has 1 aliphatic heterocycles. The van der Waals surface area contributed by atoms with Crippen molar-refractivity contribution in [3.8, 4) is 5.75 Å². The molecule has 0 radical (unpaired) electrons. The summed E-state index contributed by atoms with van der Waals surface area (Å²) in [6.45, 7) is 11.9. The Hall–Kier alpha value is -1.83. The third kappa shape index (κ3) is 6.96. The summed E-state index contributed by atoms with van der Waals surface area (Å²) < 4.78 is 10.7. The molecule has 28 heavy (non-hydrogen) atoms. The largest absolute Gasteiger partial charge is 0.497 e. The van der Waals surface area contributed by atoms with Crippen LogP contribution in [0, 0.1) is 5.92 Å². The number of guanidine groups is 1. The first-order valence-corrected chi connectivity index (χ1v) is 10.2. The van der Waals surface area contributed by atoms with E-state index in [-0.39, 0.29) is 0 Å². The summed E-state index contributed by atoms with van der Waals surface area (Å²) in [4.78, 5) is 7.25. The topological polar surface area (TPSA) is 78.4 Å². The quantitative estimate of drug-likeness (QED) is 0.438. The fourth-order valence-corrected chi connectivity index (χ4v) is 3.34. The Balaban J connectivity index is 1.96. The molecule has 1 aromatic rings. The highest BCUT2D eigenvalue weighted by Crippen LogP contribution is 2.18. The van der Waals surface area contributed by atoms with Crippen molar-refractivity contribution < 1.29 is 14.6 Å². The average Bonchev–Trinajstić information content (AvgIpc) is 2.72. The smallest absolute Gasteiger partial charge is 0.191 e. The summed E-state index contributed by atoms with van der Waals surface area (Å²) in [6, 6.07) is 7.87. The molecule has 1 aromatic carbocycles. The molecule has 0 bridgehead atoms. The van der Waals surface area contributed by atoms with Crippen LogP contribution in [0.15, 0.2) is 29.3 Å². The molecule has 1 fully saturated rings. The molecule has 0 aliphatic carbocycles. The zero-order valence-electron chi connectivity index (χ0n) is 17.6. The Morgan fingerprint density at radius 3 is 2.68 bits per heavy atom. The van der Waals surface area contributed by atoms with Crippen molar-refractivity contribution in [2.45, 2.75) is 32.9 Å². The predicted octanol–water partition coefficient (Wildman–Crippen LogP) is 1.64. The number of nitrogens with one attached hydrogen (secondary N) is 2. The van der Waals surface area contributed by atoms with E-state index in [1.807, 2.05) is 31.2 Å². The van der Waals surface area contributed by atoms with Crippen LogP contribution in [0.3, 0.4) is 0 Å². The Bertz CT molecular complexity index is 603. The lowest BCUT2D eigenvalue weighted by molar-refractivity contribution is 0.00867. The van der Waals surface area contributed by atoms with Crippen molar-refractivity contribution in [2.24, 2.45) is 10.9 Å². The number of hydrogen-bond acceptors (Lipinski definition) is 5. The number of benzene rings is 1. The monoisotopic (exact) mass is 392 g/mol. The number of nitrogens with zero attached hydrogens (tertiary/aromatic N) is 2. The van der Waals surface area contributed by atoms with Crippen molar-refractivity contribution in [1.29, 1.82) is 0 Å². The minimum atomic E-state index is -0.640. The van der Waals surface area contributed by atoms with Gasteiger partial charge in [-0.1, -0.05) is 26.0 Å². The molecular formula is C21H36N4O3. The summed E-state index contributed by atoms with van der Waals surface area (Å²) in [5, 5.41) is 17.0. The predicted molar refractivity (Wildman–Crippen MR) is 113 cm³/mol. The van der Waals surface area contributed by atoms with Crippen LogP contribution < -0.4 is 15.4 Å². The van der Waals surface area contributed by atoms with Gasteiger partial charge in [-0.15, -0.1) is 0 Å². The first-order chi connectivity index (χ1) is 13.5. The average molecular weight is 393 g/mol. The molecule has 158 valence electrons. The van der Waals surface area contributed by atoms with Gasteiger partial charge in [-0.05, 0) is 30.5 Å². The zero-order valence-corrected chi connectivity index (χ0v) is 17.6. The Morgan fingerprint density at radius 2 is 2.04 bits per heavy atom. The highest BCUT2D eigenvalue weighted by atomic mass is 16.5. The molecule has 2 unspecified atom stereocenters. The molecule has 2 rings (SSSR count). The number of aliphatic hydroxyl groups excluding tert-OH is 1. The first kappa shape index (κ1) is 22.5. The maximum Gasteiger partial charge on any atom is 0.191 e. The number of morpholine rings is 1. The van der Waals surface area contributed by atoms with E-state index < -0.39 is 6.10 Å². The molecular weight excluding hydrogens is 356 g/mol. The van der Waals surface area contributed by atoms with Gasteiger partial charge in [0.15, 0.2) is 5.96 Å². The van der Waals surface area contributed by atoms with E-state index in [4.69, 9.17) is 14.5 Å². The molecule has 1 saturated heterocycles. The SMILES string of the molecule is CCNC(=NCC(C(C)C)N1CCOCC1)NCC(O)c1cccc(OC)c1. The minimum Gasteiger partial charge on any atom is -0.497 e. The van der Waals surface area contributed by atoms with E-state index in [1.54, 1.807) is 7.11 Å². The molecule has 0 aromatic heterocycles. The van der Waals surface area contributed by atoms with Crippen molar-refractivity contribution in [3.63, 3.8) is 0 Å². The van der Waals surface area contributed by atoms with Crippen LogP contribution >= 0.6 is 0 Å². The van der Waals surface area contributed by atoms with E-state index in [0.29, 0.717) is 25.0 Å². The fourth-order valence-electron chi connectivity index (χ4n) is 3.34. The van der Waals surface area contributed by atoms with Crippen LogP contribution in [-0.2, 0) is 4.74 Å². The van der Waals surface area contributed by atoms with E-state index in [0.717, 1.165) is 50.1 Å². The van der Waals surface area contributed by atoms with Gasteiger partial charge in [-0.25, -0.2) is 0 Å². The van der Waals surface area contributed by atoms with Gasteiger partial charge in [0.2, 0.25) is 0 Å². The lowest BCUT2D eigenvalue weighted by atomic mass is 10.0. The number of methoxy groups -OCH3 is 1. The summed E-state index contributed by atoms with van der Waals surface area (Å²) in [7, 11) is 1.62. The van der Waals surface area contributed by atoms with Gasteiger partial charge in [0, 0.05) is 32.2 Å². The van der Waals surface area contributed by atoms with E-state index in [9.17, 15) is 5.11 Å². The third-order valence-corrected chi connectivity index (χ3v) is 5.01. The molecule has 7 nitrogen and oxygen atoms in total. The number of hydrogen-bond donors (Lipinski definition) is 3. The molecule has 7 heteroatoms. The lowest BCUT2D eigenvalue weighted by Crippen LogP contribution is -2.48. The van der Waals surface area contributed by atoms with Gasteiger partial charge >= 0.3 is 0 Å². The zero-order chi connectivity index (χ0) is 20.4. The van der Waals surface area contributed by atoms with Gasteiger partial charge in [0.1, 0.15) is 5.75 Å². The second-order valence-corrected chi connectivity index (χ2v) is 7.35. The van der Waals surface area contributed by atoms with Crippen molar-refractivity contribution in [2.75, 3.05) is 53.0 Å². The molecule has 3 N–H and O–H groups in total. The maximum atomic E-state index is 10.5. The second-order valence-electron chi connectivity index (χ2n) is 7.35. The molecule has 1 aliphatic rings. The fraction of sp³-hybridized carbons (Fsp3) is 0.667. The molecule has 0 saturated carbocycles. The minimum absolute atomic E-state index is 0.377. The molecule has 1 heterocycles. The van der Waals surface area contributed by atoms with Gasteiger partial charge in [0.05, 0.1) is 33.0 Å². The number of aliphatic imine (C=N–C) groups is 1. The summed E-state index contributed by atoms with van der Waals surface area (Å²) in [5.41, 5.74) is 0.816. The Labute approximate surface area is 169 Å². The van der Waals surface area contributed by atoms with Gasteiger partial charge in [-0.3, -0.25) is 9.89 Å². The second kappa shape index (κ2) is 11.9. The van der Waals surface area contributed by atoms with Crippen LogP contribution in [0.1, 0.15) is 32.4 Å². The van der Waals surface area contributed by atoms with Crippen LogP contribution in [0.4, 0.5) is 0 Å². The van der Waals surface area contributed by atoms with E-state index >= 15 is 0 Å². The Morgan fingerprint density at radius 1 is 1.29 bits per heavy atom. The number of rotatable bonds is 9. The van der Waals surface area contributed by atoms with Crippen LogP contribution in [0.25, 0.3) is 0 Å². The van der Waals surface area contributed by atoms with Crippen LogP contribution in [0.5, 0.6) is 5.75 Å². The summed E-state index contributed by atoms with van der Waals surface area (Å²) in [5.74, 6) is 1.97. The van der Waals surface area contributed by atoms with Gasteiger partial charge < -0.3 is 25.2 Å².